The number of hydrogen-bond acceptors (Lipinski definition) is 3. The number of benzene rings is 3. The van der Waals surface area contributed by atoms with Crippen molar-refractivity contribution in [3.63, 3.8) is 0 Å². The smallest absolute Gasteiger partial charge is 0.319 e. The molecule has 0 spiro atoms. The van der Waals surface area contributed by atoms with E-state index in [0.29, 0.717) is 32.6 Å². The van der Waals surface area contributed by atoms with Crippen LogP contribution in [0.5, 0.6) is 0 Å². The van der Waals surface area contributed by atoms with Gasteiger partial charge in [0.15, 0.2) is 0 Å². The number of urea groups is 1. The van der Waals surface area contributed by atoms with Crippen molar-refractivity contribution in [1.82, 2.24) is 20.0 Å². The van der Waals surface area contributed by atoms with Crippen molar-refractivity contribution in [3.8, 4) is 0 Å². The third-order valence-corrected chi connectivity index (χ3v) is 7.33. The number of piperazine rings is 1. The van der Waals surface area contributed by atoms with Gasteiger partial charge in [-0.15, -0.1) is 0 Å². The molecule has 7 heteroatoms. The Labute approximate surface area is 218 Å². The molecule has 0 unspecified atom stereocenters. The van der Waals surface area contributed by atoms with Gasteiger partial charge in [-0.2, -0.15) is 0 Å². The minimum atomic E-state index is -0.578. The highest BCUT2D eigenvalue weighted by atomic mass is 16.2. The third-order valence-electron chi connectivity index (χ3n) is 7.33. The van der Waals surface area contributed by atoms with Crippen LogP contribution in [0, 0.1) is 5.92 Å². The molecular weight excluding hydrogens is 464 g/mol. The van der Waals surface area contributed by atoms with Crippen molar-refractivity contribution in [2.45, 2.75) is 52.0 Å². The number of rotatable bonds is 6. The maximum absolute atomic E-state index is 13.8. The average Bonchev–Trinajstić information content (AvgIpc) is 2.90. The molecule has 5 rings (SSSR count). The van der Waals surface area contributed by atoms with E-state index in [1.54, 1.807) is 9.80 Å². The Bertz CT molecular complexity index is 1290. The number of fused-ring (bicyclic) bond motifs is 2. The van der Waals surface area contributed by atoms with Crippen molar-refractivity contribution in [3.05, 3.63) is 83.9 Å². The van der Waals surface area contributed by atoms with Crippen molar-refractivity contribution in [1.29, 1.82) is 0 Å². The average molecular weight is 499 g/mol. The van der Waals surface area contributed by atoms with Gasteiger partial charge in [0.1, 0.15) is 12.2 Å². The lowest BCUT2D eigenvalue weighted by Gasteiger charge is -2.52. The standard InChI is InChI=1S/C30H34N4O3/c1-21(2)17-26-29(36)32(19-24-13-8-12-23-11-6-7-14-25(23)24)20-27-33(16-15-28(35)34(26)27)30(37)31-18-22-9-4-3-5-10-22/h3-14,21,26-27H,15-20H2,1-2H3,(H,31,37)/t26-,27+/m0/s1. The fourth-order valence-electron chi connectivity index (χ4n) is 5.55. The summed E-state index contributed by atoms with van der Waals surface area (Å²) in [5.41, 5.74) is 2.07. The van der Waals surface area contributed by atoms with Crippen LogP contribution in [-0.4, -0.2) is 57.8 Å². The quantitative estimate of drug-likeness (QED) is 0.549. The molecule has 2 aliphatic heterocycles. The fourth-order valence-corrected chi connectivity index (χ4v) is 5.55. The zero-order valence-electron chi connectivity index (χ0n) is 21.5. The van der Waals surface area contributed by atoms with Crippen LogP contribution in [0.2, 0.25) is 0 Å². The second-order valence-electron chi connectivity index (χ2n) is 10.4. The maximum Gasteiger partial charge on any atom is 0.319 e. The van der Waals surface area contributed by atoms with Crippen LogP contribution in [-0.2, 0) is 22.7 Å². The van der Waals surface area contributed by atoms with Crippen molar-refractivity contribution in [2.24, 2.45) is 5.92 Å². The summed E-state index contributed by atoms with van der Waals surface area (Å²) < 4.78 is 0. The van der Waals surface area contributed by atoms with E-state index >= 15 is 0 Å². The molecule has 37 heavy (non-hydrogen) atoms. The Kier molecular flexibility index (Phi) is 7.12. The predicted molar refractivity (Wildman–Crippen MR) is 143 cm³/mol. The number of nitrogens with one attached hydrogen (secondary N) is 1. The van der Waals surface area contributed by atoms with Crippen molar-refractivity contribution in [2.75, 3.05) is 13.1 Å². The van der Waals surface area contributed by atoms with Gasteiger partial charge in [-0.3, -0.25) is 9.59 Å². The first-order valence-corrected chi connectivity index (χ1v) is 13.1. The highest BCUT2D eigenvalue weighted by Gasteiger charge is 2.48. The Morgan fingerprint density at radius 1 is 0.973 bits per heavy atom. The molecule has 7 nitrogen and oxygen atoms in total. The second kappa shape index (κ2) is 10.6. The number of carbonyl (C=O) groups excluding carboxylic acids is 3. The van der Waals surface area contributed by atoms with E-state index in [-0.39, 0.29) is 30.2 Å². The molecule has 3 aromatic rings. The van der Waals surface area contributed by atoms with Gasteiger partial charge in [0, 0.05) is 26.1 Å². The van der Waals surface area contributed by atoms with E-state index in [4.69, 9.17) is 0 Å². The molecule has 0 aromatic heterocycles. The SMILES string of the molecule is CC(C)C[C@H]1C(=O)N(Cc2cccc3ccccc23)C[C@@H]2N(C(=O)NCc3ccccc3)CCC(=O)N21. The van der Waals surface area contributed by atoms with Gasteiger partial charge < -0.3 is 20.0 Å². The molecule has 0 saturated carbocycles. The molecule has 2 aliphatic rings. The Morgan fingerprint density at radius 3 is 2.49 bits per heavy atom. The minimum Gasteiger partial charge on any atom is -0.334 e. The summed E-state index contributed by atoms with van der Waals surface area (Å²) in [6.07, 6.45) is 0.293. The first-order valence-electron chi connectivity index (χ1n) is 13.1. The van der Waals surface area contributed by atoms with Gasteiger partial charge in [-0.05, 0) is 34.2 Å². The molecule has 0 radical (unpaired) electrons. The van der Waals surface area contributed by atoms with Crippen LogP contribution < -0.4 is 5.32 Å². The van der Waals surface area contributed by atoms with Crippen LogP contribution in [0.4, 0.5) is 4.79 Å². The third kappa shape index (κ3) is 5.17. The molecule has 192 valence electrons. The summed E-state index contributed by atoms with van der Waals surface area (Å²) in [5.74, 6) is 0.126. The van der Waals surface area contributed by atoms with Gasteiger partial charge in [0.05, 0.1) is 6.54 Å². The molecule has 0 bridgehead atoms. The normalized spacial score (nSPS) is 19.9. The molecule has 2 fully saturated rings. The number of hydrogen-bond donors (Lipinski definition) is 1. The molecule has 1 N–H and O–H groups in total. The van der Waals surface area contributed by atoms with Crippen LogP contribution >= 0.6 is 0 Å². The first kappa shape index (κ1) is 24.8. The monoisotopic (exact) mass is 498 g/mol. The summed E-state index contributed by atoms with van der Waals surface area (Å²) in [7, 11) is 0. The molecule has 2 atom stereocenters. The van der Waals surface area contributed by atoms with Crippen molar-refractivity contribution < 1.29 is 14.4 Å². The first-order chi connectivity index (χ1) is 17.9. The highest BCUT2D eigenvalue weighted by Crippen LogP contribution is 2.30. The topological polar surface area (TPSA) is 73.0 Å². The number of nitrogens with zero attached hydrogens (tertiary/aromatic N) is 3. The summed E-state index contributed by atoms with van der Waals surface area (Å²) >= 11 is 0. The van der Waals surface area contributed by atoms with E-state index < -0.39 is 12.2 Å². The zero-order valence-corrected chi connectivity index (χ0v) is 21.5. The van der Waals surface area contributed by atoms with Crippen LogP contribution in [0.1, 0.15) is 37.8 Å². The van der Waals surface area contributed by atoms with Gasteiger partial charge >= 0.3 is 6.03 Å². The molecule has 0 aliphatic carbocycles. The van der Waals surface area contributed by atoms with E-state index in [2.05, 4.69) is 43.4 Å². The van der Waals surface area contributed by atoms with E-state index in [9.17, 15) is 14.4 Å². The van der Waals surface area contributed by atoms with Crippen LogP contribution in [0.3, 0.4) is 0 Å². The summed E-state index contributed by atoms with van der Waals surface area (Å²) in [6, 6.07) is 23.3. The summed E-state index contributed by atoms with van der Waals surface area (Å²) in [5, 5.41) is 5.25. The predicted octanol–water partition coefficient (Wildman–Crippen LogP) is 4.37. The highest BCUT2D eigenvalue weighted by molar-refractivity contribution is 5.92. The maximum atomic E-state index is 13.8. The minimum absolute atomic E-state index is 0.0437. The molecule has 2 saturated heterocycles. The summed E-state index contributed by atoms with van der Waals surface area (Å²) in [6.45, 7) is 5.60. The lowest BCUT2D eigenvalue weighted by molar-refractivity contribution is -0.168. The number of carbonyl (C=O) groups is 3. The lowest BCUT2D eigenvalue weighted by Crippen LogP contribution is -2.71. The molecule has 3 aromatic carbocycles. The van der Waals surface area contributed by atoms with Gasteiger partial charge in [-0.25, -0.2) is 4.79 Å². The molecule has 2 heterocycles. The van der Waals surface area contributed by atoms with Gasteiger partial charge in [0.25, 0.3) is 0 Å². The number of amides is 4. The molecular formula is C30H34N4O3. The largest absolute Gasteiger partial charge is 0.334 e. The van der Waals surface area contributed by atoms with Gasteiger partial charge in [-0.1, -0.05) is 86.6 Å². The second-order valence-corrected chi connectivity index (χ2v) is 10.4. The fraction of sp³-hybridized carbons (Fsp3) is 0.367. The van der Waals surface area contributed by atoms with Crippen molar-refractivity contribution >= 4 is 28.6 Å². The van der Waals surface area contributed by atoms with Crippen LogP contribution in [0.25, 0.3) is 10.8 Å². The van der Waals surface area contributed by atoms with E-state index in [1.807, 2.05) is 53.4 Å². The van der Waals surface area contributed by atoms with E-state index in [1.165, 1.54) is 0 Å². The van der Waals surface area contributed by atoms with E-state index in [0.717, 1.165) is 21.9 Å². The Morgan fingerprint density at radius 2 is 1.70 bits per heavy atom. The lowest BCUT2D eigenvalue weighted by atomic mass is 9.95. The Balaban J connectivity index is 1.43. The van der Waals surface area contributed by atoms with Gasteiger partial charge in [0.2, 0.25) is 11.8 Å². The Hall–Kier alpha value is -3.87. The summed E-state index contributed by atoms with van der Waals surface area (Å²) in [4.78, 5) is 45.6. The zero-order chi connectivity index (χ0) is 25.9. The molecule has 4 amide bonds. The van der Waals surface area contributed by atoms with Crippen LogP contribution in [0.15, 0.2) is 72.8 Å².